The summed E-state index contributed by atoms with van der Waals surface area (Å²) in [4.78, 5) is 2.47. The predicted octanol–water partition coefficient (Wildman–Crippen LogP) is 0.652. The molecule has 15 heavy (non-hydrogen) atoms. The smallest absolute Gasteiger partial charge is 0.0597 e. The van der Waals surface area contributed by atoms with Gasteiger partial charge in [-0.2, -0.15) is 5.10 Å². The van der Waals surface area contributed by atoms with Gasteiger partial charge < -0.3 is 5.73 Å². The van der Waals surface area contributed by atoms with Gasteiger partial charge in [-0.3, -0.25) is 9.58 Å². The molecule has 84 valence electrons. The average Bonchev–Trinajstić information content (AvgIpc) is 2.74. The first-order chi connectivity index (χ1) is 7.20. The second-order valence-corrected chi connectivity index (χ2v) is 4.40. The van der Waals surface area contributed by atoms with Crippen LogP contribution in [0.5, 0.6) is 0 Å². The van der Waals surface area contributed by atoms with Gasteiger partial charge in [0, 0.05) is 26.2 Å². The van der Waals surface area contributed by atoms with E-state index in [0.717, 1.165) is 18.8 Å². The van der Waals surface area contributed by atoms with Crippen LogP contribution in [0.3, 0.4) is 0 Å². The Kier molecular flexibility index (Phi) is 3.07. The lowest BCUT2D eigenvalue weighted by molar-refractivity contribution is 0.244. The molecule has 0 aromatic carbocycles. The third-order valence-electron chi connectivity index (χ3n) is 3.24. The van der Waals surface area contributed by atoms with Crippen molar-refractivity contribution < 1.29 is 0 Å². The van der Waals surface area contributed by atoms with Crippen molar-refractivity contribution in [3.63, 3.8) is 0 Å². The molecule has 0 radical (unpaired) electrons. The molecule has 0 saturated carbocycles. The summed E-state index contributed by atoms with van der Waals surface area (Å²) >= 11 is 0. The fourth-order valence-corrected chi connectivity index (χ4v) is 2.39. The molecule has 0 aliphatic carbocycles. The van der Waals surface area contributed by atoms with Crippen molar-refractivity contribution in [1.82, 2.24) is 14.7 Å². The normalized spacial score (nSPS) is 22.5. The molecule has 2 rings (SSSR count). The molecule has 0 bridgehead atoms. The number of likely N-dealkylation sites (tertiary alicyclic amines) is 1. The Morgan fingerprint density at radius 2 is 2.40 bits per heavy atom. The van der Waals surface area contributed by atoms with Crippen LogP contribution in [-0.4, -0.2) is 33.8 Å². The van der Waals surface area contributed by atoms with Crippen molar-refractivity contribution in [1.29, 1.82) is 0 Å². The minimum atomic E-state index is 0.570. The van der Waals surface area contributed by atoms with Gasteiger partial charge in [-0.1, -0.05) is 0 Å². The van der Waals surface area contributed by atoms with Crippen molar-refractivity contribution >= 4 is 0 Å². The molecule has 1 aliphatic rings. The summed E-state index contributed by atoms with van der Waals surface area (Å²) in [6, 6.07) is 2.73. The zero-order valence-electron chi connectivity index (χ0n) is 9.61. The highest BCUT2D eigenvalue weighted by Crippen LogP contribution is 2.19. The zero-order valence-corrected chi connectivity index (χ0v) is 9.61. The van der Waals surface area contributed by atoms with E-state index in [2.05, 4.69) is 16.1 Å². The Bertz CT molecular complexity index is 331. The summed E-state index contributed by atoms with van der Waals surface area (Å²) in [6.07, 6.45) is 2.52. The van der Waals surface area contributed by atoms with E-state index in [-0.39, 0.29) is 0 Å². The molecule has 2 N–H and O–H groups in total. The molecule has 1 aliphatic heterocycles. The van der Waals surface area contributed by atoms with Gasteiger partial charge in [0.15, 0.2) is 0 Å². The third kappa shape index (κ3) is 2.21. The molecule has 4 nitrogen and oxygen atoms in total. The second-order valence-electron chi connectivity index (χ2n) is 4.40. The first-order valence-electron chi connectivity index (χ1n) is 5.64. The molecule has 2 heterocycles. The number of rotatable bonds is 3. The molecule has 0 amide bonds. The summed E-state index contributed by atoms with van der Waals surface area (Å²) in [5.41, 5.74) is 8.14. The maximum atomic E-state index is 5.76. The highest BCUT2D eigenvalue weighted by atomic mass is 15.3. The molecule has 1 aromatic heterocycles. The van der Waals surface area contributed by atoms with Crippen LogP contribution in [0.25, 0.3) is 0 Å². The lowest BCUT2D eigenvalue weighted by atomic mass is 10.2. The van der Waals surface area contributed by atoms with Gasteiger partial charge in [0.25, 0.3) is 0 Å². The number of hydrogen-bond acceptors (Lipinski definition) is 3. The second kappa shape index (κ2) is 4.33. The fourth-order valence-electron chi connectivity index (χ4n) is 2.39. The van der Waals surface area contributed by atoms with Gasteiger partial charge >= 0.3 is 0 Å². The fraction of sp³-hybridized carbons (Fsp3) is 0.727. The molecule has 0 spiro atoms. The van der Waals surface area contributed by atoms with E-state index in [9.17, 15) is 0 Å². The Labute approximate surface area is 91.1 Å². The van der Waals surface area contributed by atoms with Crippen LogP contribution in [-0.2, 0) is 13.6 Å². The number of nitrogens with zero attached hydrogens (tertiary/aromatic N) is 3. The summed E-state index contributed by atoms with van der Waals surface area (Å²) in [7, 11) is 2.01. The summed E-state index contributed by atoms with van der Waals surface area (Å²) < 4.78 is 1.97. The van der Waals surface area contributed by atoms with Crippen LogP contribution in [0, 0.1) is 6.92 Å². The van der Waals surface area contributed by atoms with E-state index in [1.807, 2.05) is 18.7 Å². The molecule has 1 atom stereocenters. The lowest BCUT2D eigenvalue weighted by Crippen LogP contribution is -2.35. The van der Waals surface area contributed by atoms with Crippen molar-refractivity contribution in [3.8, 4) is 0 Å². The molecule has 1 saturated heterocycles. The topological polar surface area (TPSA) is 47.1 Å². The Morgan fingerprint density at radius 1 is 1.60 bits per heavy atom. The summed E-state index contributed by atoms with van der Waals surface area (Å²) in [5.74, 6) is 0. The highest BCUT2D eigenvalue weighted by molar-refractivity contribution is 5.09. The standard InChI is InChI=1S/C11H20N4/c1-9-6-11(14(2)13-9)8-15-5-3-4-10(15)7-12/h6,10H,3-5,7-8,12H2,1-2H3. The van der Waals surface area contributed by atoms with Crippen molar-refractivity contribution in [3.05, 3.63) is 17.5 Å². The van der Waals surface area contributed by atoms with Crippen LogP contribution in [0.1, 0.15) is 24.2 Å². The predicted molar refractivity (Wildman–Crippen MR) is 60.4 cm³/mol. The van der Waals surface area contributed by atoms with Crippen LogP contribution >= 0.6 is 0 Å². The Balaban J connectivity index is 2.05. The van der Waals surface area contributed by atoms with Gasteiger partial charge in [0.2, 0.25) is 0 Å². The quantitative estimate of drug-likeness (QED) is 0.793. The van der Waals surface area contributed by atoms with Gasteiger partial charge in [-0.15, -0.1) is 0 Å². The Morgan fingerprint density at radius 3 is 3.00 bits per heavy atom. The van der Waals surface area contributed by atoms with E-state index >= 15 is 0 Å². The van der Waals surface area contributed by atoms with Gasteiger partial charge in [-0.05, 0) is 32.4 Å². The molecular weight excluding hydrogens is 188 g/mol. The van der Waals surface area contributed by atoms with Crippen LogP contribution in [0.15, 0.2) is 6.07 Å². The molecule has 4 heteroatoms. The minimum Gasteiger partial charge on any atom is -0.329 e. The van der Waals surface area contributed by atoms with Crippen LogP contribution in [0.4, 0.5) is 0 Å². The number of aromatic nitrogens is 2. The first-order valence-corrected chi connectivity index (χ1v) is 5.64. The number of aryl methyl sites for hydroxylation is 2. The lowest BCUT2D eigenvalue weighted by Gasteiger charge is -2.22. The van der Waals surface area contributed by atoms with Gasteiger partial charge in [0.05, 0.1) is 11.4 Å². The molecular formula is C11H20N4. The SMILES string of the molecule is Cc1cc(CN2CCCC2CN)n(C)n1. The van der Waals surface area contributed by atoms with Crippen molar-refractivity contribution in [2.45, 2.75) is 32.4 Å². The Hall–Kier alpha value is -0.870. The van der Waals surface area contributed by atoms with E-state index < -0.39 is 0 Å². The van der Waals surface area contributed by atoms with Crippen LogP contribution in [0.2, 0.25) is 0 Å². The van der Waals surface area contributed by atoms with Crippen LogP contribution < -0.4 is 5.73 Å². The van der Waals surface area contributed by atoms with Gasteiger partial charge in [-0.25, -0.2) is 0 Å². The van der Waals surface area contributed by atoms with Crippen molar-refractivity contribution in [2.24, 2.45) is 12.8 Å². The highest BCUT2D eigenvalue weighted by Gasteiger charge is 2.23. The number of nitrogens with two attached hydrogens (primary N) is 1. The van der Waals surface area contributed by atoms with Gasteiger partial charge in [0.1, 0.15) is 0 Å². The maximum absolute atomic E-state index is 5.76. The first kappa shape index (κ1) is 10.6. The molecule has 1 fully saturated rings. The van der Waals surface area contributed by atoms with Crippen molar-refractivity contribution in [2.75, 3.05) is 13.1 Å². The van der Waals surface area contributed by atoms with E-state index in [1.165, 1.54) is 25.1 Å². The summed E-state index contributed by atoms with van der Waals surface area (Å²) in [6.45, 7) is 4.97. The largest absolute Gasteiger partial charge is 0.329 e. The third-order valence-corrected chi connectivity index (χ3v) is 3.24. The average molecular weight is 208 g/mol. The maximum Gasteiger partial charge on any atom is 0.0597 e. The zero-order chi connectivity index (χ0) is 10.8. The number of hydrogen-bond donors (Lipinski definition) is 1. The van der Waals surface area contributed by atoms with E-state index in [0.29, 0.717) is 6.04 Å². The van der Waals surface area contributed by atoms with E-state index in [4.69, 9.17) is 5.73 Å². The minimum absolute atomic E-state index is 0.570. The van der Waals surface area contributed by atoms with E-state index in [1.54, 1.807) is 0 Å². The molecule has 1 aromatic rings. The summed E-state index contributed by atoms with van der Waals surface area (Å²) in [5, 5.41) is 4.36. The molecule has 1 unspecified atom stereocenters. The monoisotopic (exact) mass is 208 g/mol.